The highest BCUT2D eigenvalue weighted by Crippen LogP contribution is 2.22. The summed E-state index contributed by atoms with van der Waals surface area (Å²) in [6.07, 6.45) is 0.627. The molecule has 0 aromatic heterocycles. The van der Waals surface area contributed by atoms with Gasteiger partial charge >= 0.3 is 0 Å². The van der Waals surface area contributed by atoms with Gasteiger partial charge in [-0.05, 0) is 20.5 Å². The molecule has 2 unspecified atom stereocenters. The number of aliphatic hydroxyl groups excluding tert-OH is 1. The van der Waals surface area contributed by atoms with Crippen molar-refractivity contribution >= 4 is 0 Å². The average molecular weight is 161 g/mol. The Hall–Kier alpha value is -0.120. The van der Waals surface area contributed by atoms with E-state index in [0.29, 0.717) is 6.42 Å². The standard InChI is InChI=1S/C8H19NO2/c1-5-8(11,9(3)4)7(2)6-10/h7,10-11H,5-6H2,1-4H3. The molecule has 2 atom stereocenters. The second kappa shape index (κ2) is 4.04. The average Bonchev–Trinajstić information content (AvgIpc) is 2.01. The lowest BCUT2D eigenvalue weighted by Gasteiger charge is -2.38. The quantitative estimate of drug-likeness (QED) is 0.582. The Kier molecular flexibility index (Phi) is 4.00. The van der Waals surface area contributed by atoms with Crippen molar-refractivity contribution in [2.45, 2.75) is 26.0 Å². The number of rotatable bonds is 4. The van der Waals surface area contributed by atoms with Crippen molar-refractivity contribution in [1.82, 2.24) is 4.90 Å². The first-order valence-corrected chi connectivity index (χ1v) is 3.99. The molecule has 2 N–H and O–H groups in total. The summed E-state index contributed by atoms with van der Waals surface area (Å²) in [7, 11) is 3.63. The normalized spacial score (nSPS) is 19.9. The smallest absolute Gasteiger partial charge is 0.122 e. The SMILES string of the molecule is CCC(O)(C(C)CO)N(C)C. The lowest BCUT2D eigenvalue weighted by Crippen LogP contribution is -2.50. The summed E-state index contributed by atoms with van der Waals surface area (Å²) in [6.45, 7) is 3.76. The Bertz CT molecular complexity index is 117. The fraction of sp³-hybridized carbons (Fsp3) is 1.00. The minimum Gasteiger partial charge on any atom is -0.396 e. The zero-order valence-electron chi connectivity index (χ0n) is 7.83. The van der Waals surface area contributed by atoms with E-state index in [2.05, 4.69) is 0 Å². The van der Waals surface area contributed by atoms with Crippen LogP contribution in [-0.2, 0) is 0 Å². The van der Waals surface area contributed by atoms with Crippen molar-refractivity contribution in [2.24, 2.45) is 5.92 Å². The lowest BCUT2D eigenvalue weighted by molar-refractivity contribution is -0.136. The van der Waals surface area contributed by atoms with Gasteiger partial charge in [0.1, 0.15) is 5.72 Å². The molecule has 0 saturated heterocycles. The molecule has 0 aliphatic rings. The summed E-state index contributed by atoms with van der Waals surface area (Å²) in [5.41, 5.74) is -0.866. The van der Waals surface area contributed by atoms with Crippen molar-refractivity contribution < 1.29 is 10.2 Å². The van der Waals surface area contributed by atoms with Gasteiger partial charge in [0.2, 0.25) is 0 Å². The van der Waals surface area contributed by atoms with E-state index in [1.807, 2.05) is 27.9 Å². The van der Waals surface area contributed by atoms with E-state index in [1.54, 1.807) is 4.90 Å². The van der Waals surface area contributed by atoms with Crippen LogP contribution >= 0.6 is 0 Å². The van der Waals surface area contributed by atoms with Gasteiger partial charge in [-0.15, -0.1) is 0 Å². The summed E-state index contributed by atoms with van der Waals surface area (Å²) >= 11 is 0. The maximum atomic E-state index is 9.93. The topological polar surface area (TPSA) is 43.7 Å². The second-order valence-electron chi connectivity index (χ2n) is 3.21. The van der Waals surface area contributed by atoms with Crippen LogP contribution in [0.4, 0.5) is 0 Å². The fourth-order valence-electron chi connectivity index (χ4n) is 1.25. The van der Waals surface area contributed by atoms with E-state index in [1.165, 1.54) is 0 Å². The highest BCUT2D eigenvalue weighted by molar-refractivity contribution is 4.79. The molecule has 0 amide bonds. The van der Waals surface area contributed by atoms with Gasteiger partial charge in [-0.2, -0.15) is 0 Å². The van der Waals surface area contributed by atoms with Crippen LogP contribution in [0.15, 0.2) is 0 Å². The molecule has 0 aliphatic heterocycles. The van der Waals surface area contributed by atoms with Crippen molar-refractivity contribution in [3.63, 3.8) is 0 Å². The van der Waals surface area contributed by atoms with Gasteiger partial charge in [0, 0.05) is 12.5 Å². The predicted octanol–water partition coefficient (Wildman–Crippen LogP) is 0.275. The Morgan fingerprint density at radius 3 is 2.00 bits per heavy atom. The Morgan fingerprint density at radius 2 is 1.91 bits per heavy atom. The molecule has 0 rings (SSSR count). The van der Waals surface area contributed by atoms with E-state index in [9.17, 15) is 5.11 Å². The highest BCUT2D eigenvalue weighted by Gasteiger charge is 2.33. The second-order valence-corrected chi connectivity index (χ2v) is 3.21. The molecular weight excluding hydrogens is 142 g/mol. The van der Waals surface area contributed by atoms with Gasteiger partial charge in [0.15, 0.2) is 0 Å². The first kappa shape index (κ1) is 10.9. The zero-order valence-corrected chi connectivity index (χ0v) is 7.83. The molecular formula is C8H19NO2. The van der Waals surface area contributed by atoms with Crippen molar-refractivity contribution in [1.29, 1.82) is 0 Å². The van der Waals surface area contributed by atoms with Crippen LogP contribution < -0.4 is 0 Å². The first-order valence-electron chi connectivity index (χ1n) is 3.99. The maximum Gasteiger partial charge on any atom is 0.122 e. The summed E-state index contributed by atoms with van der Waals surface area (Å²) in [5.74, 6) is -0.109. The Balaban J connectivity index is 4.32. The maximum absolute atomic E-state index is 9.93. The number of aliphatic hydroxyl groups is 2. The zero-order chi connectivity index (χ0) is 9.07. The molecule has 0 aromatic carbocycles. The van der Waals surface area contributed by atoms with Crippen LogP contribution in [0.25, 0.3) is 0 Å². The lowest BCUT2D eigenvalue weighted by atomic mass is 9.95. The summed E-state index contributed by atoms with van der Waals surface area (Å²) in [5, 5.41) is 18.8. The Labute approximate surface area is 68.6 Å². The minimum absolute atomic E-state index is 0.0164. The van der Waals surface area contributed by atoms with E-state index in [0.717, 1.165) is 0 Å². The third kappa shape index (κ3) is 2.15. The molecule has 0 radical (unpaired) electrons. The van der Waals surface area contributed by atoms with Crippen LogP contribution in [-0.4, -0.2) is 41.5 Å². The minimum atomic E-state index is -0.866. The van der Waals surface area contributed by atoms with E-state index >= 15 is 0 Å². The molecule has 0 saturated carbocycles. The number of hydrogen-bond donors (Lipinski definition) is 2. The molecule has 0 fully saturated rings. The van der Waals surface area contributed by atoms with Gasteiger partial charge in [-0.3, -0.25) is 4.90 Å². The van der Waals surface area contributed by atoms with Crippen LogP contribution in [0.3, 0.4) is 0 Å². The largest absolute Gasteiger partial charge is 0.396 e. The van der Waals surface area contributed by atoms with Crippen molar-refractivity contribution in [2.75, 3.05) is 20.7 Å². The monoisotopic (exact) mass is 161 g/mol. The predicted molar refractivity (Wildman–Crippen MR) is 45.2 cm³/mol. The molecule has 3 heteroatoms. The first-order chi connectivity index (χ1) is 4.99. The summed E-state index contributed by atoms with van der Waals surface area (Å²) in [6, 6.07) is 0. The van der Waals surface area contributed by atoms with Crippen LogP contribution in [0, 0.1) is 5.92 Å². The fourth-order valence-corrected chi connectivity index (χ4v) is 1.25. The van der Waals surface area contributed by atoms with E-state index in [-0.39, 0.29) is 12.5 Å². The summed E-state index contributed by atoms with van der Waals surface area (Å²) < 4.78 is 0. The van der Waals surface area contributed by atoms with Gasteiger partial charge < -0.3 is 10.2 Å². The van der Waals surface area contributed by atoms with Crippen LogP contribution in [0.1, 0.15) is 20.3 Å². The molecule has 11 heavy (non-hydrogen) atoms. The molecule has 0 aromatic rings. The van der Waals surface area contributed by atoms with Crippen LogP contribution in [0.5, 0.6) is 0 Å². The molecule has 0 bridgehead atoms. The third-order valence-electron chi connectivity index (χ3n) is 2.36. The van der Waals surface area contributed by atoms with Gasteiger partial charge in [0.05, 0.1) is 0 Å². The van der Waals surface area contributed by atoms with E-state index < -0.39 is 5.72 Å². The van der Waals surface area contributed by atoms with Gasteiger partial charge in [-0.25, -0.2) is 0 Å². The molecule has 0 spiro atoms. The van der Waals surface area contributed by atoms with Gasteiger partial charge in [0.25, 0.3) is 0 Å². The number of nitrogens with zero attached hydrogens (tertiary/aromatic N) is 1. The third-order valence-corrected chi connectivity index (χ3v) is 2.36. The van der Waals surface area contributed by atoms with Crippen molar-refractivity contribution in [3.8, 4) is 0 Å². The molecule has 3 nitrogen and oxygen atoms in total. The van der Waals surface area contributed by atoms with Gasteiger partial charge in [-0.1, -0.05) is 13.8 Å². The molecule has 0 aliphatic carbocycles. The van der Waals surface area contributed by atoms with E-state index in [4.69, 9.17) is 5.11 Å². The summed E-state index contributed by atoms with van der Waals surface area (Å²) in [4.78, 5) is 1.74. The molecule has 0 heterocycles. The highest BCUT2D eigenvalue weighted by atomic mass is 16.3. The van der Waals surface area contributed by atoms with Crippen molar-refractivity contribution in [3.05, 3.63) is 0 Å². The Morgan fingerprint density at radius 1 is 1.45 bits per heavy atom. The van der Waals surface area contributed by atoms with Crippen LogP contribution in [0.2, 0.25) is 0 Å². The number of hydrogen-bond acceptors (Lipinski definition) is 3. The molecule has 68 valence electrons.